The number of phenolic OH excluding ortho intramolecular Hbond substituents is 1. The van der Waals surface area contributed by atoms with E-state index in [4.69, 9.17) is 15.9 Å². The lowest BCUT2D eigenvalue weighted by molar-refractivity contribution is -0.158. The van der Waals surface area contributed by atoms with Gasteiger partial charge in [0, 0.05) is 6.54 Å². The highest BCUT2D eigenvalue weighted by Crippen LogP contribution is 2.27. The molecule has 0 bridgehead atoms. The Hall–Kier alpha value is -2.08. The highest BCUT2D eigenvalue weighted by molar-refractivity contribution is 5.92. The summed E-state index contributed by atoms with van der Waals surface area (Å²) in [5.41, 5.74) is 5.87. The van der Waals surface area contributed by atoms with Crippen molar-refractivity contribution < 1.29 is 19.8 Å². The Morgan fingerprint density at radius 2 is 2.00 bits per heavy atom. The Kier molecular flexibility index (Phi) is 2.72. The molecule has 1 amide bonds. The zero-order valence-corrected chi connectivity index (χ0v) is 8.91. The Balaban J connectivity index is 2.27. The van der Waals surface area contributed by atoms with Gasteiger partial charge in [-0.2, -0.15) is 0 Å². The average molecular weight is 236 g/mol. The maximum atomic E-state index is 11.4. The summed E-state index contributed by atoms with van der Waals surface area (Å²) >= 11 is 0. The van der Waals surface area contributed by atoms with Crippen LogP contribution in [0.2, 0.25) is 0 Å². The van der Waals surface area contributed by atoms with Crippen LogP contribution in [0.15, 0.2) is 24.3 Å². The quantitative estimate of drug-likeness (QED) is 0.624. The largest absolute Gasteiger partial charge is 0.508 e. The third-order valence-electron chi connectivity index (χ3n) is 2.75. The summed E-state index contributed by atoms with van der Waals surface area (Å²) in [4.78, 5) is 23.8. The molecule has 1 aliphatic heterocycles. The molecule has 4 N–H and O–H groups in total. The molecule has 1 aromatic rings. The van der Waals surface area contributed by atoms with Gasteiger partial charge in [-0.25, -0.2) is 4.79 Å². The van der Waals surface area contributed by atoms with Gasteiger partial charge in [-0.3, -0.25) is 4.79 Å². The minimum Gasteiger partial charge on any atom is -0.508 e. The summed E-state index contributed by atoms with van der Waals surface area (Å²) in [5, 5.41) is 18.3. The molecule has 0 aliphatic carbocycles. The Labute approximate surface area is 97.3 Å². The number of β-lactam (4-membered cyclic amide) rings is 1. The van der Waals surface area contributed by atoms with Gasteiger partial charge in [0.25, 0.3) is 0 Å². The van der Waals surface area contributed by atoms with Crippen molar-refractivity contribution in [2.75, 3.05) is 6.54 Å². The molecule has 90 valence electrons. The summed E-state index contributed by atoms with van der Waals surface area (Å²) in [6.45, 7) is 0.233. The van der Waals surface area contributed by atoms with Crippen molar-refractivity contribution >= 4 is 11.9 Å². The first kappa shape index (κ1) is 11.4. The van der Waals surface area contributed by atoms with Crippen molar-refractivity contribution in [2.24, 2.45) is 5.73 Å². The van der Waals surface area contributed by atoms with Crippen LogP contribution in [-0.2, 0) is 9.59 Å². The Morgan fingerprint density at radius 1 is 1.41 bits per heavy atom. The number of carboxylic acids is 1. The number of benzene rings is 1. The molecule has 0 radical (unpaired) electrons. The summed E-state index contributed by atoms with van der Waals surface area (Å²) < 4.78 is 0. The molecule has 1 saturated heterocycles. The van der Waals surface area contributed by atoms with Crippen LogP contribution < -0.4 is 5.73 Å². The number of carbonyl (C=O) groups excluding carboxylic acids is 1. The first-order valence-electron chi connectivity index (χ1n) is 5.08. The second kappa shape index (κ2) is 4.06. The summed E-state index contributed by atoms with van der Waals surface area (Å²) in [5.74, 6) is -1.44. The monoisotopic (exact) mass is 236 g/mol. The van der Waals surface area contributed by atoms with Gasteiger partial charge in [0.2, 0.25) is 5.91 Å². The number of likely N-dealkylation sites (tertiary alicyclic amines) is 1. The van der Waals surface area contributed by atoms with Gasteiger partial charge in [-0.15, -0.1) is 0 Å². The number of nitrogens with two attached hydrogens (primary N) is 1. The second-order valence-corrected chi connectivity index (χ2v) is 3.93. The van der Waals surface area contributed by atoms with Crippen LogP contribution in [0.3, 0.4) is 0 Å². The Morgan fingerprint density at radius 3 is 2.41 bits per heavy atom. The number of aliphatic carboxylic acids is 1. The minimum atomic E-state index is -1.11. The molecule has 17 heavy (non-hydrogen) atoms. The van der Waals surface area contributed by atoms with E-state index < -0.39 is 18.1 Å². The lowest BCUT2D eigenvalue weighted by Crippen LogP contribution is -2.62. The van der Waals surface area contributed by atoms with Crippen molar-refractivity contribution in [1.82, 2.24) is 4.90 Å². The number of carboxylic acid groups (broad SMARTS) is 1. The number of hydrogen-bond acceptors (Lipinski definition) is 4. The Bertz CT molecular complexity index is 457. The predicted octanol–water partition coefficient (Wildman–Crippen LogP) is -0.313. The van der Waals surface area contributed by atoms with Gasteiger partial charge in [-0.05, 0) is 17.7 Å². The molecule has 1 aromatic carbocycles. The zero-order valence-electron chi connectivity index (χ0n) is 8.91. The number of carbonyl (C=O) groups is 2. The van der Waals surface area contributed by atoms with Crippen molar-refractivity contribution in [3.05, 3.63) is 29.8 Å². The van der Waals surface area contributed by atoms with Gasteiger partial charge in [-0.1, -0.05) is 12.1 Å². The van der Waals surface area contributed by atoms with Gasteiger partial charge < -0.3 is 20.8 Å². The van der Waals surface area contributed by atoms with Gasteiger partial charge in [0.1, 0.15) is 11.8 Å². The van der Waals surface area contributed by atoms with E-state index in [0.717, 1.165) is 0 Å². The van der Waals surface area contributed by atoms with Crippen LogP contribution >= 0.6 is 0 Å². The molecule has 0 unspecified atom stereocenters. The van der Waals surface area contributed by atoms with E-state index in [1.807, 2.05) is 0 Å². The fourth-order valence-corrected chi connectivity index (χ4v) is 1.83. The summed E-state index contributed by atoms with van der Waals surface area (Å²) in [6.07, 6.45) is 0. The van der Waals surface area contributed by atoms with Crippen LogP contribution in [-0.4, -0.2) is 39.6 Å². The van der Waals surface area contributed by atoms with Gasteiger partial charge >= 0.3 is 5.97 Å². The SMILES string of the molecule is N[C@@H]1CN([C@@H](C(=O)O)c2ccc(O)cc2)C1=O. The number of amides is 1. The van der Waals surface area contributed by atoms with E-state index in [1.54, 1.807) is 0 Å². The standard InChI is InChI=1S/C11H12N2O4/c12-8-5-13(10(8)15)9(11(16)17)6-1-3-7(14)4-2-6/h1-4,8-9,14H,5,12H2,(H,16,17)/t8-,9-/m1/s1. The maximum Gasteiger partial charge on any atom is 0.331 e. The van der Waals surface area contributed by atoms with E-state index in [2.05, 4.69) is 0 Å². The topological polar surface area (TPSA) is 104 Å². The molecule has 0 aromatic heterocycles. The van der Waals surface area contributed by atoms with Gasteiger partial charge in [0.15, 0.2) is 6.04 Å². The van der Waals surface area contributed by atoms with Crippen LogP contribution in [0.1, 0.15) is 11.6 Å². The van der Waals surface area contributed by atoms with Gasteiger partial charge in [0.05, 0.1) is 0 Å². The molecule has 2 atom stereocenters. The fraction of sp³-hybridized carbons (Fsp3) is 0.273. The number of rotatable bonds is 3. The lowest BCUT2D eigenvalue weighted by atomic mass is 9.99. The summed E-state index contributed by atoms with van der Waals surface area (Å²) in [7, 11) is 0. The van der Waals surface area contributed by atoms with Crippen LogP contribution in [0, 0.1) is 0 Å². The van der Waals surface area contributed by atoms with E-state index in [-0.39, 0.29) is 18.2 Å². The fourth-order valence-electron chi connectivity index (χ4n) is 1.83. The number of phenols is 1. The molecule has 6 nitrogen and oxygen atoms in total. The smallest absolute Gasteiger partial charge is 0.331 e. The average Bonchev–Trinajstić information content (AvgIpc) is 2.30. The van der Waals surface area contributed by atoms with E-state index >= 15 is 0 Å². The number of hydrogen-bond donors (Lipinski definition) is 3. The van der Waals surface area contributed by atoms with Crippen LogP contribution in [0.4, 0.5) is 0 Å². The third-order valence-corrected chi connectivity index (χ3v) is 2.75. The molecule has 2 rings (SSSR count). The van der Waals surface area contributed by atoms with Crippen molar-refractivity contribution in [2.45, 2.75) is 12.1 Å². The highest BCUT2D eigenvalue weighted by Gasteiger charge is 2.42. The highest BCUT2D eigenvalue weighted by atomic mass is 16.4. The minimum absolute atomic E-state index is 0.0459. The molecule has 1 heterocycles. The molecule has 0 saturated carbocycles. The van der Waals surface area contributed by atoms with Crippen LogP contribution in [0.25, 0.3) is 0 Å². The van der Waals surface area contributed by atoms with E-state index in [9.17, 15) is 9.59 Å². The van der Waals surface area contributed by atoms with Crippen molar-refractivity contribution in [3.8, 4) is 5.75 Å². The zero-order chi connectivity index (χ0) is 12.6. The first-order chi connectivity index (χ1) is 8.00. The predicted molar refractivity (Wildman–Crippen MR) is 58.2 cm³/mol. The maximum absolute atomic E-state index is 11.4. The van der Waals surface area contributed by atoms with E-state index in [0.29, 0.717) is 5.56 Å². The van der Waals surface area contributed by atoms with Crippen molar-refractivity contribution in [3.63, 3.8) is 0 Å². The first-order valence-corrected chi connectivity index (χ1v) is 5.08. The second-order valence-electron chi connectivity index (χ2n) is 3.93. The molecular formula is C11H12N2O4. The normalized spacial score (nSPS) is 20.9. The lowest BCUT2D eigenvalue weighted by Gasteiger charge is -2.40. The van der Waals surface area contributed by atoms with E-state index in [1.165, 1.54) is 29.2 Å². The molecule has 1 aliphatic rings. The van der Waals surface area contributed by atoms with Crippen LogP contribution in [0.5, 0.6) is 5.75 Å². The number of nitrogens with zero attached hydrogens (tertiary/aromatic N) is 1. The summed E-state index contributed by atoms with van der Waals surface area (Å²) in [6, 6.07) is 4.08. The molecule has 6 heteroatoms. The van der Waals surface area contributed by atoms with Crippen molar-refractivity contribution in [1.29, 1.82) is 0 Å². The molecule has 1 fully saturated rings. The molecule has 0 spiro atoms. The number of aromatic hydroxyl groups is 1. The third kappa shape index (κ3) is 1.94. The molecular weight excluding hydrogens is 224 g/mol.